The molecule has 2 heterocycles. The van der Waals surface area contributed by atoms with Crippen molar-refractivity contribution in [2.45, 2.75) is 32.9 Å². The first-order chi connectivity index (χ1) is 14.3. The third-order valence-electron chi connectivity index (χ3n) is 4.51. The van der Waals surface area contributed by atoms with Crippen LogP contribution in [-0.2, 0) is 11.3 Å². The van der Waals surface area contributed by atoms with Gasteiger partial charge in [-0.2, -0.15) is 0 Å². The second-order valence-electron chi connectivity index (χ2n) is 8.17. The van der Waals surface area contributed by atoms with Gasteiger partial charge in [0.2, 0.25) is 0 Å². The fourth-order valence-corrected chi connectivity index (χ4v) is 3.10. The van der Waals surface area contributed by atoms with E-state index in [9.17, 15) is 9.59 Å². The molecule has 1 saturated heterocycles. The number of nitrogens with zero attached hydrogens (tertiary/aromatic N) is 2. The van der Waals surface area contributed by atoms with E-state index in [-0.39, 0.29) is 17.5 Å². The zero-order valence-electron chi connectivity index (χ0n) is 17.7. The van der Waals surface area contributed by atoms with Crippen LogP contribution in [0.2, 0.25) is 0 Å². The Morgan fingerprint density at radius 2 is 1.80 bits per heavy atom. The maximum Gasteiger partial charge on any atom is 0.319 e. The van der Waals surface area contributed by atoms with Crippen molar-refractivity contribution in [3.8, 4) is 0 Å². The molecule has 1 aliphatic rings. The number of nitrogens with one attached hydrogen (secondary N) is 3. The van der Waals surface area contributed by atoms with Gasteiger partial charge in [-0.1, -0.05) is 6.07 Å². The van der Waals surface area contributed by atoms with Gasteiger partial charge in [0.15, 0.2) is 0 Å². The Bertz CT molecular complexity index is 871. The lowest BCUT2D eigenvalue weighted by molar-refractivity contribution is 0.0919. The maximum atomic E-state index is 12.3. The topological polar surface area (TPSA) is 95.6 Å². The number of aromatic nitrogens is 1. The molecule has 1 fully saturated rings. The Kier molecular flexibility index (Phi) is 6.89. The molecule has 160 valence electrons. The molecule has 2 aromatic rings. The van der Waals surface area contributed by atoms with Gasteiger partial charge in [0.1, 0.15) is 5.82 Å². The van der Waals surface area contributed by atoms with Crippen LogP contribution in [-0.4, -0.2) is 48.8 Å². The lowest BCUT2D eigenvalue weighted by atomic mass is 10.1. The monoisotopic (exact) mass is 411 g/mol. The van der Waals surface area contributed by atoms with E-state index >= 15 is 0 Å². The van der Waals surface area contributed by atoms with Crippen LogP contribution in [0.15, 0.2) is 42.6 Å². The standard InChI is InChI=1S/C22H29N5O3/c1-22(2,3)26-20(28)16-6-8-18(9-7-16)25-21(29)24-15-17-5-4-10-23-19(17)27-11-13-30-14-12-27/h4-10H,11-15H2,1-3H3,(H,26,28)(H2,24,25,29). The SMILES string of the molecule is CC(C)(C)NC(=O)c1ccc(NC(=O)NCc2cccnc2N2CCOCC2)cc1. The van der Waals surface area contributed by atoms with Crippen molar-refractivity contribution in [1.82, 2.24) is 15.6 Å². The van der Waals surface area contributed by atoms with Gasteiger partial charge in [0.05, 0.1) is 13.2 Å². The molecule has 0 radical (unpaired) electrons. The fourth-order valence-electron chi connectivity index (χ4n) is 3.10. The largest absolute Gasteiger partial charge is 0.378 e. The number of pyridine rings is 1. The zero-order valence-corrected chi connectivity index (χ0v) is 17.7. The molecule has 0 spiro atoms. The summed E-state index contributed by atoms with van der Waals surface area (Å²) >= 11 is 0. The Balaban J connectivity index is 1.55. The molecule has 8 nitrogen and oxygen atoms in total. The summed E-state index contributed by atoms with van der Waals surface area (Å²) in [6.45, 7) is 9.06. The van der Waals surface area contributed by atoms with Gasteiger partial charge >= 0.3 is 6.03 Å². The summed E-state index contributed by atoms with van der Waals surface area (Å²) in [6.07, 6.45) is 1.76. The lowest BCUT2D eigenvalue weighted by Gasteiger charge is -2.29. The van der Waals surface area contributed by atoms with E-state index < -0.39 is 0 Å². The number of amides is 3. The smallest absolute Gasteiger partial charge is 0.319 e. The zero-order chi connectivity index (χ0) is 21.6. The average Bonchev–Trinajstić information content (AvgIpc) is 2.72. The predicted octanol–water partition coefficient (Wildman–Crippen LogP) is 2.77. The van der Waals surface area contributed by atoms with Crippen molar-refractivity contribution in [3.63, 3.8) is 0 Å². The van der Waals surface area contributed by atoms with Crippen molar-refractivity contribution in [3.05, 3.63) is 53.7 Å². The highest BCUT2D eigenvalue weighted by Gasteiger charge is 2.17. The van der Waals surface area contributed by atoms with Crippen LogP contribution in [0.25, 0.3) is 0 Å². The molecule has 1 aromatic heterocycles. The number of hydrogen-bond donors (Lipinski definition) is 3. The average molecular weight is 412 g/mol. The number of rotatable bonds is 5. The summed E-state index contributed by atoms with van der Waals surface area (Å²) < 4.78 is 5.40. The van der Waals surface area contributed by atoms with E-state index in [1.165, 1.54) is 0 Å². The highest BCUT2D eigenvalue weighted by molar-refractivity contribution is 5.95. The van der Waals surface area contributed by atoms with Gasteiger partial charge in [0.25, 0.3) is 5.91 Å². The number of morpholine rings is 1. The fraction of sp³-hybridized carbons (Fsp3) is 0.409. The molecule has 1 aromatic carbocycles. The van der Waals surface area contributed by atoms with Gasteiger partial charge in [-0.05, 0) is 51.1 Å². The molecule has 1 aliphatic heterocycles. The van der Waals surface area contributed by atoms with Crippen molar-refractivity contribution in [2.24, 2.45) is 0 Å². The minimum Gasteiger partial charge on any atom is -0.378 e. The number of benzene rings is 1. The number of carbonyl (C=O) groups excluding carboxylic acids is 2. The molecule has 30 heavy (non-hydrogen) atoms. The molecule has 3 N–H and O–H groups in total. The van der Waals surface area contributed by atoms with Crippen LogP contribution < -0.4 is 20.9 Å². The summed E-state index contributed by atoms with van der Waals surface area (Å²) in [7, 11) is 0. The molecule has 0 bridgehead atoms. The van der Waals surface area contributed by atoms with E-state index in [0.717, 1.165) is 24.5 Å². The van der Waals surface area contributed by atoms with Gasteiger partial charge in [-0.3, -0.25) is 4.79 Å². The van der Waals surface area contributed by atoms with Crippen molar-refractivity contribution in [2.75, 3.05) is 36.5 Å². The second-order valence-corrected chi connectivity index (χ2v) is 8.17. The molecular formula is C22H29N5O3. The van der Waals surface area contributed by atoms with Crippen molar-refractivity contribution in [1.29, 1.82) is 0 Å². The van der Waals surface area contributed by atoms with Crippen LogP contribution in [0, 0.1) is 0 Å². The third kappa shape index (κ3) is 6.18. The molecular weight excluding hydrogens is 382 g/mol. The first-order valence-corrected chi connectivity index (χ1v) is 10.1. The molecule has 0 unspecified atom stereocenters. The van der Waals surface area contributed by atoms with Crippen LogP contribution in [0.3, 0.4) is 0 Å². The normalized spacial score (nSPS) is 14.2. The Morgan fingerprint density at radius 1 is 1.10 bits per heavy atom. The van der Waals surface area contributed by atoms with Crippen molar-refractivity contribution < 1.29 is 14.3 Å². The molecule has 3 rings (SSSR count). The van der Waals surface area contributed by atoms with Gasteiger partial charge in [-0.15, -0.1) is 0 Å². The Labute approximate surface area is 177 Å². The van der Waals surface area contributed by atoms with Gasteiger partial charge in [0, 0.05) is 48.2 Å². The number of hydrogen-bond acceptors (Lipinski definition) is 5. The molecule has 3 amide bonds. The van der Waals surface area contributed by atoms with Crippen LogP contribution in [0.5, 0.6) is 0 Å². The van der Waals surface area contributed by atoms with Crippen LogP contribution in [0.4, 0.5) is 16.3 Å². The number of carbonyl (C=O) groups is 2. The minimum atomic E-state index is -0.321. The van der Waals surface area contributed by atoms with Crippen molar-refractivity contribution >= 4 is 23.4 Å². The summed E-state index contributed by atoms with van der Waals surface area (Å²) in [4.78, 5) is 31.2. The van der Waals surface area contributed by atoms with E-state index in [1.54, 1.807) is 30.5 Å². The van der Waals surface area contributed by atoms with E-state index in [1.807, 2.05) is 32.9 Å². The number of urea groups is 1. The predicted molar refractivity (Wildman–Crippen MR) is 117 cm³/mol. The first kappa shape index (κ1) is 21.6. The highest BCUT2D eigenvalue weighted by atomic mass is 16.5. The summed E-state index contributed by atoms with van der Waals surface area (Å²) in [5.41, 5.74) is 1.80. The molecule has 0 saturated carbocycles. The summed E-state index contributed by atoms with van der Waals surface area (Å²) in [5, 5.41) is 8.57. The highest BCUT2D eigenvalue weighted by Crippen LogP contribution is 2.18. The Morgan fingerprint density at radius 3 is 2.47 bits per heavy atom. The van der Waals surface area contributed by atoms with E-state index in [4.69, 9.17) is 4.74 Å². The maximum absolute atomic E-state index is 12.3. The van der Waals surface area contributed by atoms with Gasteiger partial charge in [-0.25, -0.2) is 9.78 Å². The molecule has 0 aliphatic carbocycles. The van der Waals surface area contributed by atoms with E-state index in [2.05, 4.69) is 25.8 Å². The Hall–Kier alpha value is -3.13. The lowest BCUT2D eigenvalue weighted by Crippen LogP contribution is -2.40. The first-order valence-electron chi connectivity index (χ1n) is 10.1. The molecule has 0 atom stereocenters. The number of ether oxygens (including phenoxy) is 1. The molecule has 8 heteroatoms. The van der Waals surface area contributed by atoms with E-state index in [0.29, 0.717) is 31.0 Å². The summed E-state index contributed by atoms with van der Waals surface area (Å²) in [6, 6.07) is 10.3. The minimum absolute atomic E-state index is 0.147. The quantitative estimate of drug-likeness (QED) is 0.703. The third-order valence-corrected chi connectivity index (χ3v) is 4.51. The van der Waals surface area contributed by atoms with Gasteiger partial charge < -0.3 is 25.6 Å². The van der Waals surface area contributed by atoms with Crippen LogP contribution >= 0.6 is 0 Å². The number of anilines is 2. The van der Waals surface area contributed by atoms with Crippen LogP contribution in [0.1, 0.15) is 36.7 Å². The second kappa shape index (κ2) is 9.58. The summed E-state index contributed by atoms with van der Waals surface area (Å²) in [5.74, 6) is 0.723.